The lowest BCUT2D eigenvalue weighted by atomic mass is 10.1. The molecule has 0 spiro atoms. The van der Waals surface area contributed by atoms with Gasteiger partial charge in [-0.05, 0) is 12.5 Å². The molecule has 19 heavy (non-hydrogen) atoms. The summed E-state index contributed by atoms with van der Waals surface area (Å²) in [4.78, 5) is 22.4. The van der Waals surface area contributed by atoms with Crippen molar-refractivity contribution in [3.8, 4) is 0 Å². The van der Waals surface area contributed by atoms with Gasteiger partial charge in [-0.2, -0.15) is 5.10 Å². The van der Waals surface area contributed by atoms with E-state index in [1.165, 1.54) is 44.2 Å². The second kappa shape index (κ2) is 9.30. The van der Waals surface area contributed by atoms with Gasteiger partial charge in [-0.15, -0.1) is 0 Å². The van der Waals surface area contributed by atoms with Crippen LogP contribution in [0.15, 0.2) is 16.9 Å². The second-order valence-corrected chi connectivity index (χ2v) is 4.68. The standard InChI is InChI=1S/C14H23N3O2/c1-2-3-4-5-6-7-8-11-15-14(19)12-9-10-13(18)17-16-12/h9-10H,2-8,11H2,1H3,(H,15,19)(H,17,18). The number of unbranched alkanes of at least 4 members (excludes halogenated alkanes) is 6. The lowest BCUT2D eigenvalue weighted by Gasteiger charge is -2.04. The molecule has 0 unspecified atom stereocenters. The highest BCUT2D eigenvalue weighted by molar-refractivity contribution is 5.91. The van der Waals surface area contributed by atoms with E-state index in [4.69, 9.17) is 0 Å². The average Bonchev–Trinajstić information content (AvgIpc) is 2.42. The Morgan fingerprint density at radius 1 is 1.16 bits per heavy atom. The van der Waals surface area contributed by atoms with Crippen molar-refractivity contribution in [2.45, 2.75) is 51.9 Å². The summed E-state index contributed by atoms with van der Waals surface area (Å²) in [6.07, 6.45) is 8.53. The third kappa shape index (κ3) is 6.74. The van der Waals surface area contributed by atoms with E-state index in [2.05, 4.69) is 22.4 Å². The fraction of sp³-hybridized carbons (Fsp3) is 0.643. The quantitative estimate of drug-likeness (QED) is 0.672. The first-order valence-corrected chi connectivity index (χ1v) is 7.08. The largest absolute Gasteiger partial charge is 0.351 e. The van der Waals surface area contributed by atoms with Gasteiger partial charge in [-0.1, -0.05) is 45.4 Å². The molecule has 5 nitrogen and oxygen atoms in total. The van der Waals surface area contributed by atoms with Crippen LogP contribution in [-0.2, 0) is 0 Å². The van der Waals surface area contributed by atoms with E-state index in [9.17, 15) is 9.59 Å². The molecule has 5 heteroatoms. The molecule has 0 aliphatic rings. The fourth-order valence-corrected chi connectivity index (χ4v) is 1.85. The number of nitrogens with zero attached hydrogens (tertiary/aromatic N) is 1. The monoisotopic (exact) mass is 265 g/mol. The highest BCUT2D eigenvalue weighted by Gasteiger charge is 2.05. The molecule has 1 aromatic rings. The van der Waals surface area contributed by atoms with Crippen LogP contribution < -0.4 is 10.9 Å². The van der Waals surface area contributed by atoms with Crippen molar-refractivity contribution in [2.24, 2.45) is 0 Å². The third-order valence-corrected chi connectivity index (χ3v) is 2.98. The predicted octanol–water partition coefficient (Wildman–Crippen LogP) is 2.25. The molecule has 0 atom stereocenters. The molecule has 106 valence electrons. The number of carbonyl (C=O) groups is 1. The number of amides is 1. The van der Waals surface area contributed by atoms with E-state index in [0.717, 1.165) is 12.8 Å². The maximum atomic E-state index is 11.6. The van der Waals surface area contributed by atoms with Gasteiger partial charge in [0.2, 0.25) is 0 Å². The summed E-state index contributed by atoms with van der Waals surface area (Å²) in [5, 5.41) is 8.72. The van der Waals surface area contributed by atoms with Gasteiger partial charge in [-0.25, -0.2) is 5.10 Å². The molecule has 0 aliphatic carbocycles. The predicted molar refractivity (Wildman–Crippen MR) is 75.2 cm³/mol. The maximum absolute atomic E-state index is 11.6. The first-order valence-electron chi connectivity index (χ1n) is 7.08. The Hall–Kier alpha value is -1.65. The van der Waals surface area contributed by atoms with Crippen LogP contribution in [0.4, 0.5) is 0 Å². The van der Waals surface area contributed by atoms with Crippen LogP contribution in [0.3, 0.4) is 0 Å². The van der Waals surface area contributed by atoms with Crippen molar-refractivity contribution in [3.63, 3.8) is 0 Å². The minimum absolute atomic E-state index is 0.234. The summed E-state index contributed by atoms with van der Waals surface area (Å²) < 4.78 is 0. The van der Waals surface area contributed by atoms with Crippen LogP contribution in [0.25, 0.3) is 0 Å². The number of H-pyrrole nitrogens is 1. The summed E-state index contributed by atoms with van der Waals surface area (Å²) in [5.74, 6) is -0.234. The van der Waals surface area contributed by atoms with Crippen molar-refractivity contribution in [3.05, 3.63) is 28.2 Å². The Kier molecular flexibility index (Phi) is 7.54. The Balaban J connectivity index is 2.07. The van der Waals surface area contributed by atoms with Gasteiger partial charge in [0.25, 0.3) is 11.5 Å². The topological polar surface area (TPSA) is 74.8 Å². The third-order valence-electron chi connectivity index (χ3n) is 2.98. The van der Waals surface area contributed by atoms with Crippen molar-refractivity contribution in [1.82, 2.24) is 15.5 Å². The van der Waals surface area contributed by atoms with Crippen LogP contribution >= 0.6 is 0 Å². The van der Waals surface area contributed by atoms with E-state index in [1.807, 2.05) is 0 Å². The van der Waals surface area contributed by atoms with E-state index in [-0.39, 0.29) is 17.2 Å². The SMILES string of the molecule is CCCCCCCCCNC(=O)c1ccc(=O)[nH]n1. The number of hydrogen-bond donors (Lipinski definition) is 2. The number of aromatic nitrogens is 2. The van der Waals surface area contributed by atoms with Gasteiger partial charge >= 0.3 is 0 Å². The van der Waals surface area contributed by atoms with Crippen LogP contribution in [-0.4, -0.2) is 22.6 Å². The van der Waals surface area contributed by atoms with Crippen molar-refractivity contribution < 1.29 is 4.79 Å². The highest BCUT2D eigenvalue weighted by atomic mass is 16.2. The summed E-state index contributed by atoms with van der Waals surface area (Å²) in [5.41, 5.74) is -0.0498. The molecule has 0 aliphatic heterocycles. The summed E-state index contributed by atoms with van der Waals surface area (Å²) >= 11 is 0. The molecule has 0 radical (unpaired) electrons. The van der Waals surface area contributed by atoms with Crippen LogP contribution in [0, 0.1) is 0 Å². The van der Waals surface area contributed by atoms with Crippen LogP contribution in [0.1, 0.15) is 62.4 Å². The van der Waals surface area contributed by atoms with Gasteiger partial charge in [0.15, 0.2) is 0 Å². The molecule has 0 bridgehead atoms. The molecular weight excluding hydrogens is 242 g/mol. The number of hydrogen-bond acceptors (Lipinski definition) is 3. The van der Waals surface area contributed by atoms with Gasteiger partial charge in [-0.3, -0.25) is 9.59 Å². The van der Waals surface area contributed by atoms with E-state index in [0.29, 0.717) is 6.54 Å². The average molecular weight is 265 g/mol. The molecular formula is C14H23N3O2. The van der Waals surface area contributed by atoms with Crippen LogP contribution in [0.5, 0.6) is 0 Å². The highest BCUT2D eigenvalue weighted by Crippen LogP contribution is 2.06. The molecule has 1 heterocycles. The number of nitrogens with one attached hydrogen (secondary N) is 2. The Labute approximate surface area is 113 Å². The van der Waals surface area contributed by atoms with Crippen molar-refractivity contribution in [1.29, 1.82) is 0 Å². The van der Waals surface area contributed by atoms with E-state index >= 15 is 0 Å². The summed E-state index contributed by atoms with van der Waals surface area (Å²) in [6.45, 7) is 2.87. The summed E-state index contributed by atoms with van der Waals surface area (Å²) in [7, 11) is 0. The maximum Gasteiger partial charge on any atom is 0.271 e. The first kappa shape index (κ1) is 15.4. The molecule has 0 aromatic carbocycles. The van der Waals surface area contributed by atoms with E-state index in [1.54, 1.807) is 0 Å². The molecule has 1 rings (SSSR count). The zero-order valence-electron chi connectivity index (χ0n) is 11.6. The van der Waals surface area contributed by atoms with E-state index < -0.39 is 0 Å². The van der Waals surface area contributed by atoms with Gasteiger partial charge in [0.1, 0.15) is 5.69 Å². The Morgan fingerprint density at radius 3 is 2.47 bits per heavy atom. The van der Waals surface area contributed by atoms with Crippen molar-refractivity contribution >= 4 is 5.91 Å². The molecule has 1 aromatic heterocycles. The number of aromatic amines is 1. The molecule has 0 saturated carbocycles. The van der Waals surface area contributed by atoms with Crippen LogP contribution in [0.2, 0.25) is 0 Å². The Morgan fingerprint density at radius 2 is 1.84 bits per heavy atom. The van der Waals surface area contributed by atoms with Crippen molar-refractivity contribution in [2.75, 3.05) is 6.54 Å². The normalized spacial score (nSPS) is 10.4. The lowest BCUT2D eigenvalue weighted by Crippen LogP contribution is -2.26. The second-order valence-electron chi connectivity index (χ2n) is 4.68. The lowest BCUT2D eigenvalue weighted by molar-refractivity contribution is 0.0947. The zero-order valence-corrected chi connectivity index (χ0v) is 11.6. The van der Waals surface area contributed by atoms with Gasteiger partial charge < -0.3 is 5.32 Å². The minimum Gasteiger partial charge on any atom is -0.351 e. The Bertz CT molecular complexity index is 408. The number of carbonyl (C=O) groups excluding carboxylic acids is 1. The minimum atomic E-state index is -0.302. The smallest absolute Gasteiger partial charge is 0.271 e. The molecule has 2 N–H and O–H groups in total. The molecule has 1 amide bonds. The zero-order chi connectivity index (χ0) is 13.9. The van der Waals surface area contributed by atoms with Gasteiger partial charge in [0.05, 0.1) is 0 Å². The summed E-state index contributed by atoms with van der Waals surface area (Å²) in [6, 6.07) is 2.73. The molecule has 0 saturated heterocycles. The molecule has 0 fully saturated rings. The van der Waals surface area contributed by atoms with Gasteiger partial charge in [0, 0.05) is 12.6 Å². The number of rotatable bonds is 9. The fourth-order valence-electron chi connectivity index (χ4n) is 1.85. The first-order chi connectivity index (χ1) is 9.24.